The number of rotatable bonds is 8. The minimum absolute atomic E-state index is 0.0202. The number of carbonyl (C=O) groups is 2. The lowest BCUT2D eigenvalue weighted by Crippen LogP contribution is -2.49. The van der Waals surface area contributed by atoms with Gasteiger partial charge in [-0.25, -0.2) is 9.78 Å². The highest BCUT2D eigenvalue weighted by molar-refractivity contribution is 7.98. The SMILES string of the molecule is CCOC(=O)c1cc(C#N)c(SCc2ccc(C(=O)N3[C@H]4CC[C@H]3CC(Oc3cccc(C#N)c3)C4)cc2)nc1C. The molecule has 0 N–H and O–H groups in total. The fourth-order valence-corrected chi connectivity index (χ4v) is 6.58. The molecule has 2 aliphatic rings. The molecule has 0 radical (unpaired) electrons. The number of pyridine rings is 1. The number of aromatic nitrogens is 1. The topological polar surface area (TPSA) is 116 Å². The molecule has 1 aromatic heterocycles. The summed E-state index contributed by atoms with van der Waals surface area (Å²) < 4.78 is 11.3. The molecule has 3 aromatic rings. The van der Waals surface area contributed by atoms with Crippen LogP contribution in [0.1, 0.15) is 75.7 Å². The van der Waals surface area contributed by atoms with Gasteiger partial charge in [-0.05, 0) is 68.7 Å². The molecule has 2 bridgehead atoms. The molecule has 0 aliphatic carbocycles. The number of aryl methyl sites for hydroxylation is 1. The predicted molar refractivity (Wildman–Crippen MR) is 153 cm³/mol. The third-order valence-corrected chi connectivity index (χ3v) is 8.62. The van der Waals surface area contributed by atoms with Gasteiger partial charge < -0.3 is 14.4 Å². The van der Waals surface area contributed by atoms with E-state index < -0.39 is 5.97 Å². The molecular formula is C32H30N4O4S. The van der Waals surface area contributed by atoms with Crippen LogP contribution in [0.5, 0.6) is 5.75 Å². The number of thioether (sulfide) groups is 1. The number of ether oxygens (including phenoxy) is 2. The number of carbonyl (C=O) groups excluding carboxylic acids is 2. The lowest BCUT2D eigenvalue weighted by atomic mass is 9.98. The van der Waals surface area contributed by atoms with Crippen LogP contribution in [0.15, 0.2) is 59.6 Å². The first kappa shape index (κ1) is 28.2. The van der Waals surface area contributed by atoms with Crippen LogP contribution in [0, 0.1) is 29.6 Å². The first-order chi connectivity index (χ1) is 19.9. The molecule has 3 heterocycles. The van der Waals surface area contributed by atoms with E-state index in [2.05, 4.69) is 17.1 Å². The highest BCUT2D eigenvalue weighted by atomic mass is 32.2. The van der Waals surface area contributed by atoms with Gasteiger partial charge in [0.15, 0.2) is 0 Å². The highest BCUT2D eigenvalue weighted by Crippen LogP contribution is 2.38. The van der Waals surface area contributed by atoms with Crippen molar-refractivity contribution >= 4 is 23.6 Å². The Balaban J connectivity index is 1.20. The molecule has 2 aliphatic heterocycles. The molecule has 8 nitrogen and oxygen atoms in total. The summed E-state index contributed by atoms with van der Waals surface area (Å²) in [6.07, 6.45) is 3.50. The van der Waals surface area contributed by atoms with E-state index in [1.807, 2.05) is 41.3 Å². The van der Waals surface area contributed by atoms with Gasteiger partial charge in [0.05, 0.1) is 35.1 Å². The van der Waals surface area contributed by atoms with Crippen molar-refractivity contribution in [2.24, 2.45) is 0 Å². The third kappa shape index (κ3) is 6.21. The van der Waals surface area contributed by atoms with Gasteiger partial charge in [0.2, 0.25) is 0 Å². The summed E-state index contributed by atoms with van der Waals surface area (Å²) in [6.45, 7) is 3.71. The number of esters is 1. The Hall–Kier alpha value is -4.34. The first-order valence-corrected chi connectivity index (χ1v) is 14.7. The molecule has 5 rings (SSSR count). The number of hydrogen-bond acceptors (Lipinski definition) is 8. The normalized spacial score (nSPS) is 19.2. The van der Waals surface area contributed by atoms with Crippen molar-refractivity contribution in [3.63, 3.8) is 0 Å². The minimum atomic E-state index is -0.485. The zero-order chi connectivity index (χ0) is 28.9. The number of hydrogen-bond donors (Lipinski definition) is 0. The number of nitriles is 2. The van der Waals surface area contributed by atoms with Crippen LogP contribution in [-0.2, 0) is 10.5 Å². The van der Waals surface area contributed by atoms with Gasteiger partial charge in [-0.3, -0.25) is 4.79 Å². The molecule has 0 unspecified atom stereocenters. The van der Waals surface area contributed by atoms with Gasteiger partial charge in [0.25, 0.3) is 5.91 Å². The summed E-state index contributed by atoms with van der Waals surface area (Å²) >= 11 is 1.42. The molecule has 2 saturated heterocycles. The molecule has 2 fully saturated rings. The van der Waals surface area contributed by atoms with Crippen molar-refractivity contribution in [3.8, 4) is 17.9 Å². The summed E-state index contributed by atoms with van der Waals surface area (Å²) in [5.74, 6) is 0.820. The summed E-state index contributed by atoms with van der Waals surface area (Å²) in [5.41, 5.74) is 3.37. The summed E-state index contributed by atoms with van der Waals surface area (Å²) in [6, 6.07) is 20.9. The fourth-order valence-electron chi connectivity index (χ4n) is 5.62. The van der Waals surface area contributed by atoms with Crippen LogP contribution in [0.2, 0.25) is 0 Å². The summed E-state index contributed by atoms with van der Waals surface area (Å²) in [7, 11) is 0. The Kier molecular flexibility index (Phi) is 8.56. The van der Waals surface area contributed by atoms with Crippen molar-refractivity contribution in [1.29, 1.82) is 10.5 Å². The standard InChI is InChI=1S/C32H30N4O4S/c1-3-39-32(38)29-14-24(18-34)30(35-20(29)2)41-19-21-7-9-23(10-8-21)31(37)36-25-11-12-26(36)16-28(15-25)40-27-6-4-5-22(13-27)17-33/h4-10,13-14,25-26,28H,3,11-12,15-16,19H2,1-2H3/t25-,26-/m0/s1. The minimum Gasteiger partial charge on any atom is -0.490 e. The van der Waals surface area contributed by atoms with Crippen LogP contribution in [0.25, 0.3) is 0 Å². The molecule has 2 atom stereocenters. The van der Waals surface area contributed by atoms with E-state index in [9.17, 15) is 14.9 Å². The van der Waals surface area contributed by atoms with Gasteiger partial charge in [0, 0.05) is 36.2 Å². The molecule has 9 heteroatoms. The number of fused-ring (bicyclic) bond motifs is 2. The lowest BCUT2D eigenvalue weighted by molar-refractivity contribution is 0.0358. The maximum absolute atomic E-state index is 13.5. The average Bonchev–Trinajstić information content (AvgIpc) is 3.25. The molecule has 0 saturated carbocycles. The highest BCUT2D eigenvalue weighted by Gasteiger charge is 2.44. The van der Waals surface area contributed by atoms with E-state index in [-0.39, 0.29) is 30.7 Å². The van der Waals surface area contributed by atoms with Crippen molar-refractivity contribution in [1.82, 2.24) is 9.88 Å². The van der Waals surface area contributed by atoms with Gasteiger partial charge >= 0.3 is 5.97 Å². The van der Waals surface area contributed by atoms with E-state index in [0.29, 0.717) is 44.5 Å². The smallest absolute Gasteiger partial charge is 0.340 e. The van der Waals surface area contributed by atoms with E-state index in [0.717, 1.165) is 31.2 Å². The average molecular weight is 567 g/mol. The Labute approximate surface area is 243 Å². The lowest BCUT2D eigenvalue weighted by Gasteiger charge is -2.39. The van der Waals surface area contributed by atoms with Crippen LogP contribution in [0.3, 0.4) is 0 Å². The maximum Gasteiger partial charge on any atom is 0.340 e. The van der Waals surface area contributed by atoms with Crippen LogP contribution >= 0.6 is 11.8 Å². The number of piperidine rings is 1. The predicted octanol–water partition coefficient (Wildman–Crippen LogP) is 5.82. The van der Waals surface area contributed by atoms with Crippen molar-refractivity contribution in [2.45, 2.75) is 68.5 Å². The molecule has 2 aromatic carbocycles. The molecular weight excluding hydrogens is 536 g/mol. The largest absolute Gasteiger partial charge is 0.490 e. The molecule has 208 valence electrons. The summed E-state index contributed by atoms with van der Waals surface area (Å²) in [4.78, 5) is 32.2. The number of nitrogens with zero attached hydrogens (tertiary/aromatic N) is 4. The Morgan fingerprint density at radius 2 is 1.78 bits per heavy atom. The quantitative estimate of drug-likeness (QED) is 0.247. The van der Waals surface area contributed by atoms with Crippen molar-refractivity contribution < 1.29 is 19.1 Å². The Morgan fingerprint density at radius 1 is 1.05 bits per heavy atom. The molecule has 41 heavy (non-hydrogen) atoms. The Morgan fingerprint density at radius 3 is 2.44 bits per heavy atom. The van der Waals surface area contributed by atoms with Gasteiger partial charge in [-0.15, -0.1) is 11.8 Å². The zero-order valence-corrected chi connectivity index (χ0v) is 23.8. The van der Waals surface area contributed by atoms with Crippen LogP contribution < -0.4 is 4.74 Å². The van der Waals surface area contributed by atoms with Gasteiger partial charge in [-0.2, -0.15) is 10.5 Å². The Bertz CT molecular complexity index is 1530. The maximum atomic E-state index is 13.5. The molecule has 0 spiro atoms. The number of amides is 1. The molecule has 1 amide bonds. The van der Waals surface area contributed by atoms with Crippen LogP contribution in [0.4, 0.5) is 0 Å². The van der Waals surface area contributed by atoms with Gasteiger partial charge in [0.1, 0.15) is 22.9 Å². The second kappa shape index (κ2) is 12.4. The number of benzene rings is 2. The first-order valence-electron chi connectivity index (χ1n) is 13.7. The van der Waals surface area contributed by atoms with E-state index in [1.54, 1.807) is 26.0 Å². The third-order valence-electron chi connectivity index (χ3n) is 7.56. The zero-order valence-electron chi connectivity index (χ0n) is 23.0. The monoisotopic (exact) mass is 566 g/mol. The van der Waals surface area contributed by atoms with Crippen molar-refractivity contribution in [2.75, 3.05) is 6.61 Å². The van der Waals surface area contributed by atoms with Crippen LogP contribution in [-0.4, -0.2) is 46.6 Å². The second-order valence-electron chi connectivity index (χ2n) is 10.2. The van der Waals surface area contributed by atoms with E-state index in [1.165, 1.54) is 17.8 Å². The fraction of sp³-hybridized carbons (Fsp3) is 0.344. The summed E-state index contributed by atoms with van der Waals surface area (Å²) in [5, 5.41) is 19.3. The van der Waals surface area contributed by atoms with E-state index in [4.69, 9.17) is 14.7 Å². The van der Waals surface area contributed by atoms with Crippen molar-refractivity contribution in [3.05, 3.63) is 88.1 Å². The van der Waals surface area contributed by atoms with Gasteiger partial charge in [-0.1, -0.05) is 18.2 Å². The second-order valence-corrected chi connectivity index (χ2v) is 11.2. The van der Waals surface area contributed by atoms with E-state index >= 15 is 0 Å².